The molecule has 2 saturated carbocycles. The molecule has 0 radical (unpaired) electrons. The summed E-state index contributed by atoms with van der Waals surface area (Å²) in [6, 6.07) is -2.10. The number of alkyl halides is 2. The Labute approximate surface area is 252 Å². The first-order valence-electron chi connectivity index (χ1n) is 15.2. The van der Waals surface area contributed by atoms with Crippen LogP contribution in [0.1, 0.15) is 87.5 Å². The highest BCUT2D eigenvalue weighted by Gasteiger charge is 2.62. The van der Waals surface area contributed by atoms with Crippen molar-refractivity contribution < 1.29 is 37.5 Å². The number of likely N-dealkylation sites (tertiary alicyclic amines) is 1. The van der Waals surface area contributed by atoms with E-state index in [1.807, 2.05) is 13.8 Å². The SMILES string of the molecule is CC1(C)CC(CN(NC(=O)[C@@H]2[C@H]3CCC[C@H]3CN2C(=O)[C@@H](NC(=O)C2CC2(F)F)C(C)(C)C)C(=O)OC(C)(C)C)C(=O)N1. The van der Waals surface area contributed by atoms with Crippen LogP contribution in [0.3, 0.4) is 0 Å². The van der Waals surface area contributed by atoms with E-state index in [4.69, 9.17) is 4.74 Å². The van der Waals surface area contributed by atoms with E-state index in [9.17, 15) is 32.8 Å². The Kier molecular flexibility index (Phi) is 8.56. The van der Waals surface area contributed by atoms with Crippen molar-refractivity contribution in [3.8, 4) is 0 Å². The molecular formula is C30H47F2N5O6. The third kappa shape index (κ3) is 7.39. The van der Waals surface area contributed by atoms with Crippen molar-refractivity contribution in [3.05, 3.63) is 0 Å². The van der Waals surface area contributed by atoms with Crippen molar-refractivity contribution in [3.63, 3.8) is 0 Å². The lowest BCUT2D eigenvalue weighted by molar-refractivity contribution is -0.146. The van der Waals surface area contributed by atoms with Gasteiger partial charge in [-0.3, -0.25) is 24.6 Å². The van der Waals surface area contributed by atoms with Crippen LogP contribution in [0.25, 0.3) is 0 Å². The number of hydrogen-bond acceptors (Lipinski definition) is 6. The summed E-state index contributed by atoms with van der Waals surface area (Å²) in [5.41, 5.74) is 0.484. The minimum Gasteiger partial charge on any atom is -0.442 e. The zero-order valence-corrected chi connectivity index (χ0v) is 26.5. The number of nitrogens with zero attached hydrogens (tertiary/aromatic N) is 2. The number of carbonyl (C=O) groups is 5. The van der Waals surface area contributed by atoms with E-state index >= 15 is 0 Å². The number of fused-ring (bicyclic) bond motifs is 1. The van der Waals surface area contributed by atoms with Crippen LogP contribution in [-0.4, -0.2) is 81.9 Å². The van der Waals surface area contributed by atoms with Crippen LogP contribution in [-0.2, 0) is 23.9 Å². The Morgan fingerprint density at radius 1 is 1.07 bits per heavy atom. The van der Waals surface area contributed by atoms with Gasteiger partial charge in [0.15, 0.2) is 0 Å². The number of halogens is 2. The highest BCUT2D eigenvalue weighted by Crippen LogP contribution is 2.49. The fourth-order valence-electron chi connectivity index (χ4n) is 6.67. The summed E-state index contributed by atoms with van der Waals surface area (Å²) < 4.78 is 32.8. The number of amides is 5. The molecule has 4 fully saturated rings. The summed E-state index contributed by atoms with van der Waals surface area (Å²) in [6.07, 6.45) is 1.43. The minimum atomic E-state index is -3.08. The molecule has 0 aromatic heterocycles. The fourth-order valence-corrected chi connectivity index (χ4v) is 6.67. The molecular weight excluding hydrogens is 564 g/mol. The lowest BCUT2D eigenvalue weighted by Crippen LogP contribution is -2.61. The number of rotatable bonds is 6. The topological polar surface area (TPSA) is 137 Å². The quantitative estimate of drug-likeness (QED) is 0.395. The van der Waals surface area contributed by atoms with E-state index in [2.05, 4.69) is 16.1 Å². The van der Waals surface area contributed by atoms with E-state index in [-0.39, 0.29) is 30.8 Å². The average Bonchev–Trinajstić information content (AvgIpc) is 3.14. The van der Waals surface area contributed by atoms with Crippen molar-refractivity contribution >= 4 is 29.7 Å². The smallest absolute Gasteiger partial charge is 0.429 e. The third-order valence-electron chi connectivity index (χ3n) is 8.84. The molecule has 0 aromatic rings. The maximum absolute atomic E-state index is 14.1. The summed E-state index contributed by atoms with van der Waals surface area (Å²) in [5, 5.41) is 6.46. The maximum Gasteiger partial charge on any atom is 0.429 e. The van der Waals surface area contributed by atoms with Crippen molar-refractivity contribution in [2.45, 2.75) is 117 Å². The first-order valence-corrected chi connectivity index (χ1v) is 15.2. The molecule has 11 nitrogen and oxygen atoms in total. The Hall–Kier alpha value is -2.99. The summed E-state index contributed by atoms with van der Waals surface area (Å²) in [4.78, 5) is 68.1. The van der Waals surface area contributed by atoms with Gasteiger partial charge in [-0.2, -0.15) is 0 Å². The van der Waals surface area contributed by atoms with Crippen molar-refractivity contribution in [2.24, 2.45) is 29.1 Å². The number of hydrazine groups is 1. The predicted octanol–water partition coefficient (Wildman–Crippen LogP) is 2.98. The normalized spacial score (nSPS) is 29.8. The fraction of sp³-hybridized carbons (Fsp3) is 0.833. The van der Waals surface area contributed by atoms with Gasteiger partial charge in [0.1, 0.15) is 23.6 Å². The van der Waals surface area contributed by atoms with E-state index < -0.39 is 76.6 Å². The number of nitrogens with one attached hydrogen (secondary N) is 3. The van der Waals surface area contributed by atoms with Crippen molar-refractivity contribution in [1.82, 2.24) is 26.0 Å². The molecule has 2 heterocycles. The van der Waals surface area contributed by atoms with Gasteiger partial charge >= 0.3 is 6.09 Å². The molecule has 43 heavy (non-hydrogen) atoms. The highest BCUT2D eigenvalue weighted by atomic mass is 19.3. The maximum atomic E-state index is 14.1. The van der Waals surface area contributed by atoms with E-state index in [0.29, 0.717) is 12.8 Å². The average molecular weight is 612 g/mol. The van der Waals surface area contributed by atoms with Gasteiger partial charge in [-0.1, -0.05) is 27.2 Å². The molecule has 0 bridgehead atoms. The highest BCUT2D eigenvalue weighted by molar-refractivity contribution is 5.95. The van der Waals surface area contributed by atoms with E-state index in [1.165, 1.54) is 4.90 Å². The Bertz CT molecular complexity index is 1160. The molecule has 13 heteroatoms. The third-order valence-corrected chi connectivity index (χ3v) is 8.84. The molecule has 2 aliphatic heterocycles. The van der Waals surface area contributed by atoms with Gasteiger partial charge in [-0.25, -0.2) is 18.6 Å². The number of ether oxygens (including phenoxy) is 1. The second kappa shape index (κ2) is 11.2. The molecule has 2 saturated heterocycles. The van der Waals surface area contributed by atoms with Crippen LogP contribution in [0.2, 0.25) is 0 Å². The number of carbonyl (C=O) groups excluding carboxylic acids is 5. The molecule has 4 aliphatic rings. The molecule has 242 valence electrons. The van der Waals surface area contributed by atoms with Crippen LogP contribution >= 0.6 is 0 Å². The van der Waals surface area contributed by atoms with Crippen molar-refractivity contribution in [2.75, 3.05) is 13.1 Å². The van der Waals surface area contributed by atoms with Gasteiger partial charge < -0.3 is 20.3 Å². The number of hydrogen-bond donors (Lipinski definition) is 3. The van der Waals surface area contributed by atoms with Gasteiger partial charge in [0.2, 0.25) is 17.7 Å². The molecule has 3 N–H and O–H groups in total. The molecule has 0 aromatic carbocycles. The van der Waals surface area contributed by atoms with Gasteiger partial charge in [-0.05, 0) is 71.1 Å². The zero-order valence-electron chi connectivity index (χ0n) is 26.5. The van der Waals surface area contributed by atoms with Crippen LogP contribution in [0.15, 0.2) is 0 Å². The zero-order chi connectivity index (χ0) is 32.3. The van der Waals surface area contributed by atoms with Crippen LogP contribution in [0, 0.1) is 29.1 Å². The molecule has 5 amide bonds. The van der Waals surface area contributed by atoms with Crippen molar-refractivity contribution in [1.29, 1.82) is 0 Å². The predicted molar refractivity (Wildman–Crippen MR) is 152 cm³/mol. The minimum absolute atomic E-state index is 0.0418. The molecule has 2 unspecified atom stereocenters. The monoisotopic (exact) mass is 611 g/mol. The first-order chi connectivity index (χ1) is 19.6. The van der Waals surface area contributed by atoms with Crippen LogP contribution < -0.4 is 16.1 Å². The second-order valence-electron chi connectivity index (χ2n) is 15.5. The molecule has 4 rings (SSSR count). The first kappa shape index (κ1) is 32.9. The second-order valence-corrected chi connectivity index (χ2v) is 15.5. The molecule has 0 spiro atoms. The largest absolute Gasteiger partial charge is 0.442 e. The van der Waals surface area contributed by atoms with Gasteiger partial charge in [0, 0.05) is 18.5 Å². The Morgan fingerprint density at radius 3 is 2.21 bits per heavy atom. The lowest BCUT2D eigenvalue weighted by Gasteiger charge is -2.37. The molecule has 2 aliphatic carbocycles. The molecule has 6 atom stereocenters. The van der Waals surface area contributed by atoms with Gasteiger partial charge in [0.25, 0.3) is 11.8 Å². The van der Waals surface area contributed by atoms with E-state index in [1.54, 1.807) is 41.5 Å². The summed E-state index contributed by atoms with van der Waals surface area (Å²) in [5.74, 6) is -7.54. The summed E-state index contributed by atoms with van der Waals surface area (Å²) in [6.45, 7) is 14.1. The summed E-state index contributed by atoms with van der Waals surface area (Å²) in [7, 11) is 0. The Balaban J connectivity index is 1.57. The Morgan fingerprint density at radius 2 is 1.70 bits per heavy atom. The van der Waals surface area contributed by atoms with Crippen LogP contribution in [0.4, 0.5) is 13.6 Å². The lowest BCUT2D eigenvalue weighted by atomic mass is 9.85. The van der Waals surface area contributed by atoms with Crippen LogP contribution in [0.5, 0.6) is 0 Å². The van der Waals surface area contributed by atoms with E-state index in [0.717, 1.165) is 17.9 Å². The standard InChI is InChI=1S/C30H47F2N5O6/c1-27(2,3)21(33-23(39)19-13-30(19,31)32)25(41)36-14-16-10-9-11-18(16)20(36)24(40)35-37(26(42)43-28(4,5)6)15-17-12-29(7,8)34-22(17)38/h16-21H,9-15H2,1-8H3,(H,33,39)(H,34,38)(H,35,40)/t16-,17?,18-,19?,20-,21+/m0/s1. The summed E-state index contributed by atoms with van der Waals surface area (Å²) >= 11 is 0. The van der Waals surface area contributed by atoms with Gasteiger partial charge in [0.05, 0.1) is 12.5 Å². The van der Waals surface area contributed by atoms with Gasteiger partial charge in [-0.15, -0.1) is 0 Å².